The van der Waals surface area contributed by atoms with E-state index in [1.807, 2.05) is 0 Å². The highest BCUT2D eigenvalue weighted by atomic mass is 31.2. The SMILES string of the molecule is COc1cc2c(cc1OC)-c1c(OC)c(OC)cc3c1[C@H](C2)[NH+](C)CC3.O=P([O-])(O)O. The Hall–Kier alpha value is -2.29. The Labute approximate surface area is 181 Å². The molecule has 1 aliphatic carbocycles. The fourth-order valence-electron chi connectivity index (χ4n) is 4.51. The highest BCUT2D eigenvalue weighted by Gasteiger charge is 2.39. The number of hydrogen-bond donors (Lipinski definition) is 3. The Bertz CT molecular complexity index is 1010. The third-order valence-corrected chi connectivity index (χ3v) is 5.83. The summed E-state index contributed by atoms with van der Waals surface area (Å²) in [6.07, 6.45) is 2.03. The molecule has 3 N–H and O–H groups in total. The molecule has 31 heavy (non-hydrogen) atoms. The van der Waals surface area contributed by atoms with E-state index in [1.165, 1.54) is 21.6 Å². The molecular formula is C21H28NO8P. The lowest BCUT2D eigenvalue weighted by molar-refractivity contribution is -0.914. The average molecular weight is 453 g/mol. The molecule has 2 atom stereocenters. The number of likely N-dealkylation sites (N-methyl/N-ethyl adjacent to an activating group) is 1. The Morgan fingerprint density at radius 1 is 0.968 bits per heavy atom. The van der Waals surface area contributed by atoms with Crippen LogP contribution in [0.1, 0.15) is 22.7 Å². The Kier molecular flexibility index (Phi) is 6.83. The van der Waals surface area contributed by atoms with Crippen LogP contribution in [0.2, 0.25) is 0 Å². The zero-order chi connectivity index (χ0) is 22.9. The number of phosphoric acid groups is 1. The van der Waals surface area contributed by atoms with Crippen LogP contribution in [0.3, 0.4) is 0 Å². The van der Waals surface area contributed by atoms with Crippen LogP contribution in [0, 0.1) is 0 Å². The van der Waals surface area contributed by atoms with Crippen molar-refractivity contribution in [2.24, 2.45) is 0 Å². The van der Waals surface area contributed by atoms with Crippen molar-refractivity contribution < 1.29 is 43.1 Å². The van der Waals surface area contributed by atoms with E-state index in [0.29, 0.717) is 6.04 Å². The summed E-state index contributed by atoms with van der Waals surface area (Å²) < 4.78 is 31.4. The number of methoxy groups -OCH3 is 4. The van der Waals surface area contributed by atoms with Crippen molar-refractivity contribution in [3.63, 3.8) is 0 Å². The summed E-state index contributed by atoms with van der Waals surface area (Å²) in [5, 5.41) is 0. The van der Waals surface area contributed by atoms with Gasteiger partial charge < -0.3 is 38.5 Å². The fraction of sp³-hybridized carbons (Fsp3) is 0.429. The third-order valence-electron chi connectivity index (χ3n) is 5.83. The molecule has 0 spiro atoms. The van der Waals surface area contributed by atoms with E-state index in [9.17, 15) is 0 Å². The minimum absolute atomic E-state index is 0.416. The molecule has 9 nitrogen and oxygen atoms in total. The standard InChI is InChI=1S/C21H25NO4.H3O4P/c1-22-7-6-12-9-18(25-4)21(26-5)20-14-11-17(24-3)16(23-2)10-13(14)8-15(22)19(12)20;1-5(2,3)4/h9-11,15H,6-8H2,1-5H3;(H3,1,2,3,4)/t15-;/m0./s1. The molecule has 4 rings (SSSR count). The Morgan fingerprint density at radius 3 is 2.06 bits per heavy atom. The van der Waals surface area contributed by atoms with Gasteiger partial charge in [-0.3, -0.25) is 4.57 Å². The lowest BCUT2D eigenvalue weighted by Gasteiger charge is -2.38. The van der Waals surface area contributed by atoms with Crippen LogP contribution >= 0.6 is 7.82 Å². The summed E-state index contributed by atoms with van der Waals surface area (Å²) in [6, 6.07) is 6.76. The molecule has 2 aromatic carbocycles. The van der Waals surface area contributed by atoms with E-state index in [1.54, 1.807) is 28.4 Å². The number of nitrogens with one attached hydrogen (secondary N) is 1. The largest absolute Gasteiger partial charge is 0.756 e. The zero-order valence-corrected chi connectivity index (χ0v) is 19.1. The van der Waals surface area contributed by atoms with Gasteiger partial charge in [0.05, 0.1) is 42.0 Å². The van der Waals surface area contributed by atoms with Crippen molar-refractivity contribution in [2.45, 2.75) is 18.9 Å². The van der Waals surface area contributed by atoms with Gasteiger partial charge in [0.25, 0.3) is 7.82 Å². The molecule has 2 aromatic rings. The molecule has 0 saturated carbocycles. The summed E-state index contributed by atoms with van der Waals surface area (Å²) in [4.78, 5) is 24.5. The molecule has 0 radical (unpaired) electrons. The van der Waals surface area contributed by atoms with Crippen molar-refractivity contribution in [1.82, 2.24) is 0 Å². The molecule has 0 amide bonds. The lowest BCUT2D eigenvalue weighted by atomic mass is 9.76. The molecule has 0 saturated heterocycles. The van der Waals surface area contributed by atoms with Gasteiger partial charge in [-0.05, 0) is 34.9 Å². The van der Waals surface area contributed by atoms with E-state index in [0.717, 1.165) is 53.5 Å². The number of ether oxygens (including phenoxy) is 4. The van der Waals surface area contributed by atoms with Gasteiger partial charge >= 0.3 is 0 Å². The number of quaternary nitrogens is 1. The van der Waals surface area contributed by atoms with Crippen LogP contribution in [0.4, 0.5) is 0 Å². The molecular weight excluding hydrogens is 425 g/mol. The molecule has 1 heterocycles. The highest BCUT2D eigenvalue weighted by molar-refractivity contribution is 7.43. The first kappa shape index (κ1) is 23.4. The molecule has 170 valence electrons. The second-order valence-corrected chi connectivity index (χ2v) is 8.50. The van der Waals surface area contributed by atoms with Crippen molar-refractivity contribution in [3.8, 4) is 34.1 Å². The van der Waals surface area contributed by atoms with Crippen molar-refractivity contribution >= 4 is 7.82 Å². The van der Waals surface area contributed by atoms with Crippen LogP contribution in [-0.4, -0.2) is 51.8 Å². The summed E-state index contributed by atoms with van der Waals surface area (Å²) in [5.74, 6) is 3.10. The van der Waals surface area contributed by atoms with Gasteiger partial charge in [-0.25, -0.2) is 0 Å². The average Bonchev–Trinajstić information content (AvgIpc) is 2.73. The first-order chi connectivity index (χ1) is 14.6. The maximum Gasteiger partial charge on any atom is 0.262 e. The normalized spacial score (nSPS) is 18.7. The van der Waals surface area contributed by atoms with Gasteiger partial charge in [-0.15, -0.1) is 0 Å². The van der Waals surface area contributed by atoms with Crippen molar-refractivity contribution in [2.75, 3.05) is 42.0 Å². The highest BCUT2D eigenvalue weighted by Crippen LogP contribution is 2.51. The smallest absolute Gasteiger partial charge is 0.262 e. The predicted molar refractivity (Wildman–Crippen MR) is 112 cm³/mol. The number of hydrogen-bond acceptors (Lipinski definition) is 6. The molecule has 0 bridgehead atoms. The van der Waals surface area contributed by atoms with E-state index in [2.05, 4.69) is 25.2 Å². The Morgan fingerprint density at radius 2 is 1.52 bits per heavy atom. The van der Waals surface area contributed by atoms with Crippen LogP contribution < -0.4 is 28.7 Å². The fourth-order valence-corrected chi connectivity index (χ4v) is 4.51. The monoisotopic (exact) mass is 453 g/mol. The summed E-state index contributed by atoms with van der Waals surface area (Å²) >= 11 is 0. The van der Waals surface area contributed by atoms with Gasteiger partial charge in [-0.2, -0.15) is 0 Å². The number of fused-ring (bicyclic) bond motifs is 2. The third kappa shape index (κ3) is 4.66. The molecule has 0 fully saturated rings. The van der Waals surface area contributed by atoms with Crippen LogP contribution in [0.25, 0.3) is 11.1 Å². The first-order valence-electron chi connectivity index (χ1n) is 9.74. The first-order valence-corrected chi connectivity index (χ1v) is 11.3. The van der Waals surface area contributed by atoms with Crippen LogP contribution in [0.5, 0.6) is 23.0 Å². The molecule has 1 aliphatic heterocycles. The summed E-state index contributed by atoms with van der Waals surface area (Å²) in [5.41, 5.74) is 6.33. The summed E-state index contributed by atoms with van der Waals surface area (Å²) in [6.45, 7) is 1.12. The van der Waals surface area contributed by atoms with E-state index in [4.69, 9.17) is 38.2 Å². The minimum atomic E-state index is -4.89. The molecule has 10 heteroatoms. The van der Waals surface area contributed by atoms with Crippen LogP contribution in [0.15, 0.2) is 18.2 Å². The molecule has 2 aliphatic rings. The minimum Gasteiger partial charge on any atom is -0.756 e. The maximum absolute atomic E-state index is 8.77. The molecule has 1 unspecified atom stereocenters. The topological polar surface area (TPSA) is 122 Å². The van der Waals surface area contributed by atoms with Gasteiger partial charge in [0, 0.05) is 24.0 Å². The van der Waals surface area contributed by atoms with Gasteiger partial charge in [-0.1, -0.05) is 0 Å². The van der Waals surface area contributed by atoms with Crippen molar-refractivity contribution in [1.29, 1.82) is 0 Å². The van der Waals surface area contributed by atoms with Gasteiger partial charge in [0.1, 0.15) is 6.04 Å². The number of rotatable bonds is 4. The van der Waals surface area contributed by atoms with E-state index in [-0.39, 0.29) is 0 Å². The maximum atomic E-state index is 8.77. The molecule has 0 aromatic heterocycles. The summed E-state index contributed by atoms with van der Waals surface area (Å²) in [7, 11) is 4.16. The van der Waals surface area contributed by atoms with E-state index < -0.39 is 7.82 Å². The quantitative estimate of drug-likeness (QED) is 0.572. The number of benzene rings is 2. The van der Waals surface area contributed by atoms with Crippen LogP contribution in [-0.2, 0) is 17.4 Å². The lowest BCUT2D eigenvalue weighted by Crippen LogP contribution is -3.10. The van der Waals surface area contributed by atoms with Gasteiger partial charge in [0.2, 0.25) is 0 Å². The Balaban J connectivity index is 0.000000491. The predicted octanol–water partition coefficient (Wildman–Crippen LogP) is 0.495. The van der Waals surface area contributed by atoms with Gasteiger partial charge in [0.15, 0.2) is 23.0 Å². The second-order valence-electron chi connectivity index (χ2n) is 7.52. The zero-order valence-electron chi connectivity index (χ0n) is 18.2. The van der Waals surface area contributed by atoms with Crippen molar-refractivity contribution in [3.05, 3.63) is 34.9 Å². The second kappa shape index (κ2) is 9.06. The van der Waals surface area contributed by atoms with E-state index >= 15 is 0 Å².